The van der Waals surface area contributed by atoms with Crippen molar-refractivity contribution in [3.05, 3.63) is 62.7 Å². The molecule has 0 saturated carbocycles. The van der Waals surface area contributed by atoms with Gasteiger partial charge in [0.05, 0.1) is 16.9 Å². The SMILES string of the molecule is CC(C)OC(=O)C1=C(N)OC2=C(C(=O)CC(C)(C)C2)[C@@H]1c1ccc([N+](=O)[O-])cc1. The van der Waals surface area contributed by atoms with E-state index in [2.05, 4.69) is 0 Å². The zero-order valence-corrected chi connectivity index (χ0v) is 16.9. The molecule has 3 rings (SSSR count). The number of ether oxygens (including phenoxy) is 2. The molecule has 0 saturated heterocycles. The second kappa shape index (κ2) is 7.35. The number of nitrogens with two attached hydrogens (primary N) is 1. The van der Waals surface area contributed by atoms with E-state index in [0.29, 0.717) is 29.7 Å². The van der Waals surface area contributed by atoms with Gasteiger partial charge in [0.2, 0.25) is 5.88 Å². The van der Waals surface area contributed by atoms with Gasteiger partial charge in [0, 0.05) is 30.5 Å². The number of hydrogen-bond acceptors (Lipinski definition) is 7. The van der Waals surface area contributed by atoms with Crippen LogP contribution < -0.4 is 5.73 Å². The van der Waals surface area contributed by atoms with Crippen LogP contribution in [-0.4, -0.2) is 22.8 Å². The Labute approximate surface area is 168 Å². The van der Waals surface area contributed by atoms with Crippen molar-refractivity contribution in [2.75, 3.05) is 0 Å². The molecule has 1 atom stereocenters. The number of nitro benzene ring substituents is 1. The molecule has 1 heterocycles. The van der Waals surface area contributed by atoms with Crippen molar-refractivity contribution >= 4 is 17.4 Å². The highest BCUT2D eigenvalue weighted by Gasteiger charge is 2.45. The average Bonchev–Trinajstić information content (AvgIpc) is 2.58. The van der Waals surface area contributed by atoms with Crippen molar-refractivity contribution in [1.29, 1.82) is 0 Å². The van der Waals surface area contributed by atoms with Crippen LogP contribution in [0.2, 0.25) is 0 Å². The highest BCUT2D eigenvalue weighted by molar-refractivity contribution is 6.03. The van der Waals surface area contributed by atoms with Crippen molar-refractivity contribution in [3.63, 3.8) is 0 Å². The number of hydrogen-bond donors (Lipinski definition) is 1. The second-order valence-corrected chi connectivity index (χ2v) is 8.39. The third-order valence-electron chi connectivity index (χ3n) is 4.95. The summed E-state index contributed by atoms with van der Waals surface area (Å²) in [5.41, 5.74) is 6.66. The fourth-order valence-electron chi connectivity index (χ4n) is 3.78. The van der Waals surface area contributed by atoms with Crippen LogP contribution in [0.15, 0.2) is 47.1 Å². The van der Waals surface area contributed by atoms with Gasteiger partial charge in [-0.25, -0.2) is 4.79 Å². The summed E-state index contributed by atoms with van der Waals surface area (Å²) in [5, 5.41) is 11.0. The number of non-ortho nitro benzene ring substituents is 1. The number of allylic oxidation sites excluding steroid dienone is 2. The van der Waals surface area contributed by atoms with Gasteiger partial charge >= 0.3 is 5.97 Å². The molecule has 0 spiro atoms. The van der Waals surface area contributed by atoms with Crippen LogP contribution in [0, 0.1) is 15.5 Å². The van der Waals surface area contributed by atoms with Gasteiger partial charge in [-0.05, 0) is 24.8 Å². The van der Waals surface area contributed by atoms with Gasteiger partial charge < -0.3 is 15.2 Å². The Morgan fingerprint density at radius 1 is 1.28 bits per heavy atom. The lowest BCUT2D eigenvalue weighted by atomic mass is 9.70. The van der Waals surface area contributed by atoms with Crippen molar-refractivity contribution in [2.24, 2.45) is 11.1 Å². The van der Waals surface area contributed by atoms with Crippen molar-refractivity contribution in [1.82, 2.24) is 0 Å². The predicted octanol–water partition coefficient (Wildman–Crippen LogP) is 3.47. The summed E-state index contributed by atoms with van der Waals surface area (Å²) in [6.45, 7) is 7.33. The molecule has 1 aliphatic carbocycles. The van der Waals surface area contributed by atoms with Gasteiger partial charge in [-0.15, -0.1) is 0 Å². The van der Waals surface area contributed by atoms with Crippen LogP contribution in [-0.2, 0) is 19.1 Å². The number of carbonyl (C=O) groups excluding carboxylic acids is 2. The normalized spacial score (nSPS) is 21.0. The molecule has 0 fully saturated rings. The summed E-state index contributed by atoms with van der Waals surface area (Å²) >= 11 is 0. The van der Waals surface area contributed by atoms with E-state index in [1.54, 1.807) is 13.8 Å². The molecule has 0 amide bonds. The van der Waals surface area contributed by atoms with Gasteiger partial charge in [0.1, 0.15) is 11.3 Å². The van der Waals surface area contributed by atoms with Crippen LogP contribution in [0.4, 0.5) is 5.69 Å². The molecule has 2 N–H and O–H groups in total. The minimum absolute atomic E-state index is 0.0411. The zero-order valence-electron chi connectivity index (χ0n) is 16.9. The summed E-state index contributed by atoms with van der Waals surface area (Å²) < 4.78 is 11.1. The van der Waals surface area contributed by atoms with Gasteiger partial charge in [0.25, 0.3) is 5.69 Å². The number of rotatable bonds is 4. The highest BCUT2D eigenvalue weighted by atomic mass is 16.6. The maximum Gasteiger partial charge on any atom is 0.340 e. The van der Waals surface area contributed by atoms with Gasteiger partial charge in [0.15, 0.2) is 5.78 Å². The molecule has 0 aromatic heterocycles. The van der Waals surface area contributed by atoms with Crippen molar-refractivity contribution < 1.29 is 24.0 Å². The first-order valence-corrected chi connectivity index (χ1v) is 9.39. The quantitative estimate of drug-likeness (QED) is 0.466. The highest BCUT2D eigenvalue weighted by Crippen LogP contribution is 2.48. The van der Waals surface area contributed by atoms with E-state index in [-0.39, 0.29) is 28.3 Å². The molecular formula is C21H24N2O6. The Hall–Kier alpha value is -3.16. The first kappa shape index (κ1) is 20.6. The van der Waals surface area contributed by atoms with E-state index in [1.165, 1.54) is 24.3 Å². The largest absolute Gasteiger partial charge is 0.459 e. The van der Waals surface area contributed by atoms with Gasteiger partial charge in [-0.2, -0.15) is 0 Å². The second-order valence-electron chi connectivity index (χ2n) is 8.39. The Morgan fingerprint density at radius 3 is 2.45 bits per heavy atom. The van der Waals surface area contributed by atoms with E-state index in [1.807, 2.05) is 13.8 Å². The Bertz CT molecular complexity index is 940. The number of benzene rings is 1. The first-order valence-electron chi connectivity index (χ1n) is 9.39. The molecule has 8 heteroatoms. The predicted molar refractivity (Wildman–Crippen MR) is 104 cm³/mol. The average molecular weight is 400 g/mol. The molecule has 1 aromatic rings. The van der Waals surface area contributed by atoms with Crippen LogP contribution in [0.5, 0.6) is 0 Å². The fourth-order valence-corrected chi connectivity index (χ4v) is 3.78. The number of Topliss-reactive ketones (excluding diaryl/α,β-unsaturated/α-hetero) is 1. The van der Waals surface area contributed by atoms with Crippen molar-refractivity contribution in [2.45, 2.75) is 52.6 Å². The van der Waals surface area contributed by atoms with Crippen LogP contribution in [0.3, 0.4) is 0 Å². The monoisotopic (exact) mass is 400 g/mol. The Kier molecular flexibility index (Phi) is 5.21. The number of nitro groups is 1. The smallest absolute Gasteiger partial charge is 0.340 e. The van der Waals surface area contributed by atoms with Crippen molar-refractivity contribution in [3.8, 4) is 0 Å². The topological polar surface area (TPSA) is 122 Å². The standard InChI is InChI=1S/C21H24N2O6/c1-11(2)28-20(25)18-16(12-5-7-13(8-6-12)23(26)27)17-14(24)9-21(3,4)10-15(17)29-19(18)22/h5-8,11,16H,9-10,22H2,1-4H3/t16-/m0/s1. The molecule has 8 nitrogen and oxygen atoms in total. The maximum atomic E-state index is 13.0. The zero-order chi connectivity index (χ0) is 21.5. The lowest BCUT2D eigenvalue weighted by molar-refractivity contribution is -0.384. The van der Waals surface area contributed by atoms with Crippen LogP contribution >= 0.6 is 0 Å². The van der Waals surface area contributed by atoms with E-state index >= 15 is 0 Å². The molecule has 0 unspecified atom stereocenters. The third kappa shape index (κ3) is 4.01. The molecule has 154 valence electrons. The number of ketones is 1. The molecular weight excluding hydrogens is 376 g/mol. The van der Waals surface area contributed by atoms with E-state index in [0.717, 1.165) is 0 Å². The Balaban J connectivity index is 2.15. The summed E-state index contributed by atoms with van der Waals surface area (Å²) in [7, 11) is 0. The number of esters is 1. The number of carbonyl (C=O) groups is 2. The maximum absolute atomic E-state index is 13.0. The lowest BCUT2D eigenvalue weighted by Crippen LogP contribution is -2.36. The van der Waals surface area contributed by atoms with Crippen LogP contribution in [0.1, 0.15) is 52.0 Å². The van der Waals surface area contributed by atoms with E-state index in [9.17, 15) is 19.7 Å². The summed E-state index contributed by atoms with van der Waals surface area (Å²) in [6, 6.07) is 5.73. The lowest BCUT2D eigenvalue weighted by Gasteiger charge is -2.38. The summed E-state index contributed by atoms with van der Waals surface area (Å²) in [6.07, 6.45) is 0.396. The van der Waals surface area contributed by atoms with Gasteiger partial charge in [-0.3, -0.25) is 14.9 Å². The fraction of sp³-hybridized carbons (Fsp3) is 0.429. The summed E-state index contributed by atoms with van der Waals surface area (Å²) in [5.74, 6) is -1.28. The number of nitrogens with zero attached hydrogens (tertiary/aromatic N) is 1. The molecule has 29 heavy (non-hydrogen) atoms. The Morgan fingerprint density at radius 2 is 1.90 bits per heavy atom. The molecule has 0 bridgehead atoms. The van der Waals surface area contributed by atoms with Crippen LogP contribution in [0.25, 0.3) is 0 Å². The third-order valence-corrected chi connectivity index (χ3v) is 4.95. The minimum Gasteiger partial charge on any atom is -0.459 e. The minimum atomic E-state index is -0.797. The molecule has 0 radical (unpaired) electrons. The first-order chi connectivity index (χ1) is 13.5. The molecule has 2 aliphatic rings. The van der Waals surface area contributed by atoms with E-state index < -0.39 is 22.9 Å². The van der Waals surface area contributed by atoms with Gasteiger partial charge in [-0.1, -0.05) is 26.0 Å². The molecule has 1 aromatic carbocycles. The summed E-state index contributed by atoms with van der Waals surface area (Å²) in [4.78, 5) is 36.3. The molecule has 1 aliphatic heterocycles. The van der Waals surface area contributed by atoms with E-state index in [4.69, 9.17) is 15.2 Å².